The third-order valence-electron chi connectivity index (χ3n) is 2.05. The van der Waals surface area contributed by atoms with E-state index in [0.29, 0.717) is 0 Å². The van der Waals surface area contributed by atoms with E-state index in [1.165, 1.54) is 12.8 Å². The largest absolute Gasteiger partial charge is 0.384 e. The summed E-state index contributed by atoms with van der Waals surface area (Å²) in [6.07, 6.45) is 5.12. The maximum absolute atomic E-state index is 5.86. The molecule has 0 aliphatic heterocycles. The summed E-state index contributed by atoms with van der Waals surface area (Å²) < 4.78 is 2.03. The Morgan fingerprint density at radius 2 is 2.25 bits per heavy atom. The van der Waals surface area contributed by atoms with E-state index >= 15 is 0 Å². The van der Waals surface area contributed by atoms with Crippen LogP contribution in [-0.2, 0) is 13.0 Å². The molecule has 1 aromatic rings. The first-order chi connectivity index (χ1) is 5.79. The van der Waals surface area contributed by atoms with Gasteiger partial charge in [0.15, 0.2) is 0 Å². The molecule has 3 nitrogen and oxygen atoms in total. The van der Waals surface area contributed by atoms with Crippen molar-refractivity contribution in [3.05, 3.63) is 12.0 Å². The summed E-state index contributed by atoms with van der Waals surface area (Å²) in [6, 6.07) is 0. The lowest BCUT2D eigenvalue weighted by Crippen LogP contribution is -2.02. The number of nitrogen functional groups attached to an aromatic ring is 1. The van der Waals surface area contributed by atoms with Crippen LogP contribution in [0.3, 0.4) is 0 Å². The predicted molar refractivity (Wildman–Crippen MR) is 50.9 cm³/mol. The van der Waals surface area contributed by atoms with Crippen LogP contribution in [0.15, 0.2) is 6.33 Å². The first kappa shape index (κ1) is 9.10. The normalized spacial score (nSPS) is 10.5. The van der Waals surface area contributed by atoms with E-state index < -0.39 is 0 Å². The number of anilines is 1. The molecule has 2 N–H and O–H groups in total. The minimum Gasteiger partial charge on any atom is -0.384 e. The molecule has 0 aromatic carbocycles. The summed E-state index contributed by atoms with van der Waals surface area (Å²) in [4.78, 5) is 4.23. The monoisotopic (exact) mass is 167 g/mol. The number of rotatable bonds is 4. The van der Waals surface area contributed by atoms with Crippen LogP contribution in [0.1, 0.15) is 32.4 Å². The Kier molecular flexibility index (Phi) is 3.14. The van der Waals surface area contributed by atoms with Crippen molar-refractivity contribution in [2.24, 2.45) is 0 Å². The number of hydrogen-bond donors (Lipinski definition) is 1. The maximum atomic E-state index is 5.86. The van der Waals surface area contributed by atoms with Crippen LogP contribution in [0.4, 0.5) is 5.82 Å². The van der Waals surface area contributed by atoms with Gasteiger partial charge in [-0.25, -0.2) is 4.98 Å². The molecule has 0 atom stereocenters. The smallest absolute Gasteiger partial charge is 0.126 e. The van der Waals surface area contributed by atoms with Gasteiger partial charge in [0.25, 0.3) is 0 Å². The molecular formula is C9H17N3. The van der Waals surface area contributed by atoms with Gasteiger partial charge in [0.2, 0.25) is 0 Å². The van der Waals surface area contributed by atoms with Gasteiger partial charge in [-0.1, -0.05) is 20.3 Å². The van der Waals surface area contributed by atoms with Crippen LogP contribution in [0, 0.1) is 0 Å². The molecule has 0 amide bonds. The van der Waals surface area contributed by atoms with E-state index in [-0.39, 0.29) is 0 Å². The molecule has 12 heavy (non-hydrogen) atoms. The molecule has 0 bridgehead atoms. The van der Waals surface area contributed by atoms with Gasteiger partial charge in [0.1, 0.15) is 5.82 Å². The van der Waals surface area contributed by atoms with E-state index in [9.17, 15) is 0 Å². The second kappa shape index (κ2) is 4.14. The Morgan fingerprint density at radius 3 is 2.75 bits per heavy atom. The molecule has 0 spiro atoms. The van der Waals surface area contributed by atoms with Gasteiger partial charge in [0, 0.05) is 6.54 Å². The first-order valence-electron chi connectivity index (χ1n) is 4.59. The van der Waals surface area contributed by atoms with Crippen LogP contribution in [-0.4, -0.2) is 9.55 Å². The molecule has 0 aliphatic rings. The maximum Gasteiger partial charge on any atom is 0.126 e. The lowest BCUT2D eigenvalue weighted by molar-refractivity contribution is 0.637. The summed E-state index contributed by atoms with van der Waals surface area (Å²) >= 11 is 0. The minimum absolute atomic E-state index is 0.839. The molecule has 1 rings (SSSR count). The average Bonchev–Trinajstić information content (AvgIpc) is 2.43. The Bertz CT molecular complexity index is 240. The fraction of sp³-hybridized carbons (Fsp3) is 0.667. The van der Waals surface area contributed by atoms with Gasteiger partial charge in [-0.2, -0.15) is 0 Å². The Hall–Kier alpha value is -0.990. The van der Waals surface area contributed by atoms with Crippen molar-refractivity contribution < 1.29 is 0 Å². The van der Waals surface area contributed by atoms with Crippen molar-refractivity contribution >= 4 is 5.82 Å². The van der Waals surface area contributed by atoms with Crippen molar-refractivity contribution in [3.63, 3.8) is 0 Å². The van der Waals surface area contributed by atoms with E-state index in [1.807, 2.05) is 10.9 Å². The van der Waals surface area contributed by atoms with Crippen molar-refractivity contribution in [2.75, 3.05) is 5.73 Å². The highest BCUT2D eigenvalue weighted by Gasteiger charge is 2.03. The number of hydrogen-bond acceptors (Lipinski definition) is 2. The summed E-state index contributed by atoms with van der Waals surface area (Å²) in [5.41, 5.74) is 6.87. The van der Waals surface area contributed by atoms with Gasteiger partial charge < -0.3 is 10.3 Å². The number of aromatic nitrogens is 2. The Morgan fingerprint density at radius 1 is 1.50 bits per heavy atom. The zero-order chi connectivity index (χ0) is 8.97. The lowest BCUT2D eigenvalue weighted by atomic mass is 10.3. The summed E-state index contributed by atoms with van der Waals surface area (Å²) in [7, 11) is 0. The molecule has 1 heterocycles. The van der Waals surface area contributed by atoms with Crippen LogP contribution in [0.2, 0.25) is 0 Å². The minimum atomic E-state index is 0.839. The molecule has 0 fully saturated rings. The molecule has 0 saturated heterocycles. The van der Waals surface area contributed by atoms with Crippen molar-refractivity contribution in [2.45, 2.75) is 39.7 Å². The van der Waals surface area contributed by atoms with E-state index in [4.69, 9.17) is 5.73 Å². The zero-order valence-electron chi connectivity index (χ0n) is 7.88. The molecule has 1 aromatic heterocycles. The fourth-order valence-electron chi connectivity index (χ4n) is 1.21. The van der Waals surface area contributed by atoms with Gasteiger partial charge in [-0.15, -0.1) is 0 Å². The van der Waals surface area contributed by atoms with Gasteiger partial charge in [-0.05, 0) is 12.8 Å². The second-order valence-electron chi connectivity index (χ2n) is 2.98. The highest BCUT2D eigenvalue weighted by atomic mass is 15.1. The topological polar surface area (TPSA) is 43.8 Å². The molecule has 68 valence electrons. The van der Waals surface area contributed by atoms with Crippen LogP contribution >= 0.6 is 0 Å². The van der Waals surface area contributed by atoms with E-state index in [0.717, 1.165) is 24.5 Å². The van der Waals surface area contributed by atoms with Crippen molar-refractivity contribution in [3.8, 4) is 0 Å². The molecule has 0 unspecified atom stereocenters. The van der Waals surface area contributed by atoms with Crippen LogP contribution in [0.5, 0.6) is 0 Å². The predicted octanol–water partition coefficient (Wildman–Crippen LogP) is 1.83. The van der Waals surface area contributed by atoms with Gasteiger partial charge in [-0.3, -0.25) is 0 Å². The summed E-state index contributed by atoms with van der Waals surface area (Å²) in [5.74, 6) is 0.839. The number of aryl methyl sites for hydroxylation is 2. The SMILES string of the molecule is CCCCn1cnc(CC)c1N. The molecule has 0 radical (unpaired) electrons. The standard InChI is InChI=1S/C9H17N3/c1-3-5-6-12-7-11-8(4-2)9(12)10/h7H,3-6,10H2,1-2H3. The second-order valence-corrected chi connectivity index (χ2v) is 2.98. The first-order valence-corrected chi connectivity index (χ1v) is 4.59. The number of nitrogens with zero attached hydrogens (tertiary/aromatic N) is 2. The van der Waals surface area contributed by atoms with Crippen LogP contribution < -0.4 is 5.73 Å². The summed E-state index contributed by atoms with van der Waals surface area (Å²) in [6.45, 7) is 5.24. The Balaban J connectivity index is 2.66. The fourth-order valence-corrected chi connectivity index (χ4v) is 1.21. The zero-order valence-corrected chi connectivity index (χ0v) is 7.88. The number of imidazole rings is 1. The van der Waals surface area contributed by atoms with Crippen molar-refractivity contribution in [1.29, 1.82) is 0 Å². The number of unbranched alkanes of at least 4 members (excludes halogenated alkanes) is 1. The number of nitrogens with two attached hydrogens (primary N) is 1. The molecular weight excluding hydrogens is 150 g/mol. The van der Waals surface area contributed by atoms with E-state index in [2.05, 4.69) is 18.8 Å². The Labute approximate surface area is 73.6 Å². The third-order valence-corrected chi connectivity index (χ3v) is 2.05. The highest BCUT2D eigenvalue weighted by molar-refractivity contribution is 5.35. The molecule has 0 aliphatic carbocycles. The summed E-state index contributed by atoms with van der Waals surface area (Å²) in [5, 5.41) is 0. The lowest BCUT2D eigenvalue weighted by Gasteiger charge is -2.03. The molecule has 0 saturated carbocycles. The van der Waals surface area contributed by atoms with E-state index in [1.54, 1.807) is 0 Å². The van der Waals surface area contributed by atoms with Crippen LogP contribution in [0.25, 0.3) is 0 Å². The van der Waals surface area contributed by atoms with Gasteiger partial charge >= 0.3 is 0 Å². The third kappa shape index (κ3) is 1.78. The highest BCUT2D eigenvalue weighted by Crippen LogP contribution is 2.11. The quantitative estimate of drug-likeness (QED) is 0.743. The molecule has 3 heteroatoms. The average molecular weight is 167 g/mol. The van der Waals surface area contributed by atoms with Crippen molar-refractivity contribution in [1.82, 2.24) is 9.55 Å². The van der Waals surface area contributed by atoms with Gasteiger partial charge in [0.05, 0.1) is 12.0 Å².